The average Bonchev–Trinajstić information content (AvgIpc) is 2.82. The Hall–Kier alpha value is -2.48. The maximum atomic E-state index is 12.1. The zero-order valence-electron chi connectivity index (χ0n) is 12.0. The van der Waals surface area contributed by atoms with Gasteiger partial charge >= 0.3 is 5.97 Å². The van der Waals surface area contributed by atoms with Gasteiger partial charge in [-0.15, -0.1) is 0 Å². The van der Waals surface area contributed by atoms with Gasteiger partial charge in [0.05, 0.1) is 12.7 Å². The molecule has 0 bridgehead atoms. The van der Waals surface area contributed by atoms with Crippen LogP contribution in [0.3, 0.4) is 0 Å². The molecule has 1 unspecified atom stereocenters. The summed E-state index contributed by atoms with van der Waals surface area (Å²) in [4.78, 5) is 27.3. The number of hydrogen-bond donors (Lipinski definition) is 2. The second-order valence-electron chi connectivity index (χ2n) is 4.61. The number of methoxy groups -OCH3 is 1. The molecule has 2 aromatic heterocycles. The number of nitrogens with zero attached hydrogens (tertiary/aromatic N) is 3. The highest BCUT2D eigenvalue weighted by atomic mass is 16.5. The number of aromatic nitrogens is 3. The molecule has 0 fully saturated rings. The molecule has 112 valence electrons. The topological polar surface area (TPSA) is 106 Å². The van der Waals surface area contributed by atoms with E-state index in [0.29, 0.717) is 11.2 Å². The lowest BCUT2D eigenvalue weighted by Gasteiger charge is -2.11. The molecule has 0 aromatic carbocycles. The molecule has 0 aliphatic carbocycles. The maximum absolute atomic E-state index is 12.1. The van der Waals surface area contributed by atoms with Crippen molar-refractivity contribution in [2.24, 2.45) is 0 Å². The van der Waals surface area contributed by atoms with Crippen molar-refractivity contribution < 1.29 is 19.4 Å². The summed E-state index contributed by atoms with van der Waals surface area (Å²) in [5, 5.41) is 15.5. The molecule has 2 heterocycles. The molecule has 21 heavy (non-hydrogen) atoms. The van der Waals surface area contributed by atoms with E-state index in [1.54, 1.807) is 4.52 Å². The Kier molecular flexibility index (Phi) is 4.18. The first-order chi connectivity index (χ1) is 9.93. The fourth-order valence-electron chi connectivity index (χ4n) is 1.98. The summed E-state index contributed by atoms with van der Waals surface area (Å²) in [6.45, 7) is 3.56. The van der Waals surface area contributed by atoms with E-state index in [0.717, 1.165) is 11.4 Å². The monoisotopic (exact) mass is 292 g/mol. The molecular weight excluding hydrogens is 276 g/mol. The van der Waals surface area contributed by atoms with E-state index in [1.165, 1.54) is 13.3 Å². The van der Waals surface area contributed by atoms with Crippen LogP contribution in [0.4, 0.5) is 0 Å². The van der Waals surface area contributed by atoms with Gasteiger partial charge in [-0.2, -0.15) is 5.10 Å². The van der Waals surface area contributed by atoms with Gasteiger partial charge in [0.25, 0.3) is 5.91 Å². The number of amides is 1. The second kappa shape index (κ2) is 5.88. The number of carbonyl (C=O) groups is 2. The van der Waals surface area contributed by atoms with Crippen molar-refractivity contribution in [2.75, 3.05) is 13.7 Å². The van der Waals surface area contributed by atoms with Crippen LogP contribution in [0.1, 0.15) is 21.7 Å². The molecule has 0 aliphatic heterocycles. The van der Waals surface area contributed by atoms with Crippen molar-refractivity contribution in [3.63, 3.8) is 0 Å². The van der Waals surface area contributed by atoms with Crippen LogP contribution in [0.5, 0.6) is 0 Å². The standard InChI is InChI=1S/C13H16N4O4/c1-7-4-8(2)17-11(16-7)9(5-15-17)12(18)14-6-10(21-3)13(19)20/h4-5,10H,6H2,1-3H3,(H,14,18)(H,19,20). The van der Waals surface area contributed by atoms with E-state index in [2.05, 4.69) is 15.4 Å². The summed E-state index contributed by atoms with van der Waals surface area (Å²) in [5.41, 5.74) is 2.36. The Morgan fingerprint density at radius 2 is 2.19 bits per heavy atom. The van der Waals surface area contributed by atoms with Crippen molar-refractivity contribution in [2.45, 2.75) is 20.0 Å². The fraction of sp³-hybridized carbons (Fsp3) is 0.385. The van der Waals surface area contributed by atoms with Crippen LogP contribution in [0, 0.1) is 13.8 Å². The summed E-state index contributed by atoms with van der Waals surface area (Å²) in [6.07, 6.45) is 0.319. The van der Waals surface area contributed by atoms with Crippen LogP contribution < -0.4 is 5.32 Å². The largest absolute Gasteiger partial charge is 0.479 e. The smallest absolute Gasteiger partial charge is 0.334 e. The summed E-state index contributed by atoms with van der Waals surface area (Å²) in [5.74, 6) is -1.58. The number of rotatable bonds is 5. The number of ether oxygens (including phenoxy) is 1. The first-order valence-corrected chi connectivity index (χ1v) is 6.29. The van der Waals surface area contributed by atoms with E-state index in [4.69, 9.17) is 9.84 Å². The number of carbonyl (C=O) groups excluding carboxylic acids is 1. The van der Waals surface area contributed by atoms with Crippen LogP contribution in [0.15, 0.2) is 12.3 Å². The quantitative estimate of drug-likeness (QED) is 0.814. The summed E-state index contributed by atoms with van der Waals surface area (Å²) in [6, 6.07) is 1.85. The summed E-state index contributed by atoms with van der Waals surface area (Å²) < 4.78 is 6.32. The molecule has 0 spiro atoms. The Morgan fingerprint density at radius 3 is 2.81 bits per heavy atom. The average molecular weight is 292 g/mol. The maximum Gasteiger partial charge on any atom is 0.334 e. The predicted molar refractivity (Wildman–Crippen MR) is 73.2 cm³/mol. The number of aliphatic carboxylic acids is 1. The van der Waals surface area contributed by atoms with Gasteiger partial charge in [0.2, 0.25) is 0 Å². The number of carboxylic acids is 1. The molecule has 2 N–H and O–H groups in total. The van der Waals surface area contributed by atoms with Crippen LogP contribution in [0.25, 0.3) is 5.65 Å². The number of aryl methyl sites for hydroxylation is 2. The highest BCUT2D eigenvalue weighted by Crippen LogP contribution is 2.11. The summed E-state index contributed by atoms with van der Waals surface area (Å²) >= 11 is 0. The van der Waals surface area contributed by atoms with Crippen molar-refractivity contribution >= 4 is 17.5 Å². The zero-order valence-corrected chi connectivity index (χ0v) is 12.0. The van der Waals surface area contributed by atoms with Gasteiger partial charge in [-0.25, -0.2) is 14.3 Å². The van der Waals surface area contributed by atoms with E-state index >= 15 is 0 Å². The van der Waals surface area contributed by atoms with Crippen molar-refractivity contribution in [1.82, 2.24) is 19.9 Å². The number of fused-ring (bicyclic) bond motifs is 1. The first-order valence-electron chi connectivity index (χ1n) is 6.29. The van der Waals surface area contributed by atoms with E-state index < -0.39 is 18.0 Å². The molecule has 0 saturated heterocycles. The molecular formula is C13H16N4O4. The van der Waals surface area contributed by atoms with Crippen molar-refractivity contribution in [1.29, 1.82) is 0 Å². The van der Waals surface area contributed by atoms with Crippen LogP contribution in [-0.2, 0) is 9.53 Å². The highest BCUT2D eigenvalue weighted by molar-refractivity contribution is 5.99. The minimum absolute atomic E-state index is 0.132. The molecule has 0 aliphatic rings. The molecule has 8 heteroatoms. The number of nitrogens with one attached hydrogen (secondary N) is 1. The molecule has 0 saturated carbocycles. The third-order valence-electron chi connectivity index (χ3n) is 3.03. The highest BCUT2D eigenvalue weighted by Gasteiger charge is 2.20. The lowest BCUT2D eigenvalue weighted by molar-refractivity contribution is -0.148. The lowest BCUT2D eigenvalue weighted by Crippen LogP contribution is -2.37. The molecule has 0 radical (unpaired) electrons. The Labute approximate surface area is 120 Å². The van der Waals surface area contributed by atoms with Crippen LogP contribution >= 0.6 is 0 Å². The third kappa shape index (κ3) is 3.00. The zero-order chi connectivity index (χ0) is 15.6. The van der Waals surface area contributed by atoms with Gasteiger partial charge in [0.1, 0.15) is 5.56 Å². The van der Waals surface area contributed by atoms with E-state index in [-0.39, 0.29) is 6.54 Å². The van der Waals surface area contributed by atoms with Gasteiger partial charge in [0, 0.05) is 18.5 Å². The predicted octanol–water partition coefficient (Wildman–Crippen LogP) is 0.176. The molecule has 1 atom stereocenters. The van der Waals surface area contributed by atoms with Crippen molar-refractivity contribution in [3.8, 4) is 0 Å². The minimum Gasteiger partial charge on any atom is -0.479 e. The number of carboxylic acid groups (broad SMARTS) is 1. The van der Waals surface area contributed by atoms with Gasteiger partial charge in [-0.05, 0) is 19.9 Å². The molecule has 2 aromatic rings. The van der Waals surface area contributed by atoms with E-state index in [9.17, 15) is 9.59 Å². The Bertz CT molecular complexity index is 695. The SMILES string of the molecule is COC(CNC(=O)c1cnn2c(C)cc(C)nc12)C(=O)O. The Morgan fingerprint density at radius 1 is 1.48 bits per heavy atom. The second-order valence-corrected chi connectivity index (χ2v) is 4.61. The molecule has 2 rings (SSSR count). The van der Waals surface area contributed by atoms with Gasteiger partial charge < -0.3 is 15.2 Å². The van der Waals surface area contributed by atoms with Gasteiger partial charge in [-0.1, -0.05) is 0 Å². The summed E-state index contributed by atoms with van der Waals surface area (Å²) in [7, 11) is 1.27. The van der Waals surface area contributed by atoms with Crippen LogP contribution in [0.2, 0.25) is 0 Å². The van der Waals surface area contributed by atoms with Crippen LogP contribution in [-0.4, -0.2) is 51.3 Å². The van der Waals surface area contributed by atoms with E-state index in [1.807, 2.05) is 19.9 Å². The van der Waals surface area contributed by atoms with Crippen molar-refractivity contribution in [3.05, 3.63) is 29.2 Å². The molecule has 1 amide bonds. The Balaban J connectivity index is 2.22. The van der Waals surface area contributed by atoms with Gasteiger partial charge in [-0.3, -0.25) is 4.79 Å². The number of hydrogen-bond acceptors (Lipinski definition) is 5. The third-order valence-corrected chi connectivity index (χ3v) is 3.03. The molecule has 8 nitrogen and oxygen atoms in total. The van der Waals surface area contributed by atoms with Gasteiger partial charge in [0.15, 0.2) is 11.8 Å². The minimum atomic E-state index is -1.14. The normalized spacial score (nSPS) is 12.3. The lowest BCUT2D eigenvalue weighted by atomic mass is 10.2. The first kappa shape index (κ1) is 14.9. The fourth-order valence-corrected chi connectivity index (χ4v) is 1.98.